The van der Waals surface area contributed by atoms with Gasteiger partial charge in [-0.3, -0.25) is 5.32 Å². The fourth-order valence-electron chi connectivity index (χ4n) is 5.98. The highest BCUT2D eigenvalue weighted by Gasteiger charge is 2.20. The van der Waals surface area contributed by atoms with E-state index < -0.39 is 11.6 Å². The number of anilines is 2. The van der Waals surface area contributed by atoms with Crippen LogP contribution < -0.4 is 48.6 Å². The summed E-state index contributed by atoms with van der Waals surface area (Å²) in [6.45, 7) is 9.55. The fraction of sp³-hybridized carbons (Fsp3) is 0.500. The maximum absolute atomic E-state index is 12.9. The average molecular weight is 720 g/mol. The normalized spacial score (nSPS) is 15.7. The number of carbonyl (C=O) groups excluding carboxylic acids is 1. The highest BCUT2D eigenvalue weighted by molar-refractivity contribution is 5.96. The van der Waals surface area contributed by atoms with Crippen LogP contribution in [0.25, 0.3) is 22.2 Å². The smallest absolute Gasteiger partial charge is 0.320 e. The first-order valence-corrected chi connectivity index (χ1v) is 17.6. The second kappa shape index (κ2) is 18.4. The molecule has 1 aliphatic rings. The monoisotopic (exact) mass is 719 g/mol. The van der Waals surface area contributed by atoms with E-state index in [9.17, 15) is 4.79 Å². The Kier molecular flexibility index (Phi) is 14.1. The molecule has 16 heteroatoms. The lowest BCUT2D eigenvalue weighted by molar-refractivity contribution is 0.175. The van der Waals surface area contributed by atoms with E-state index in [1.54, 1.807) is 42.7 Å². The molecule has 4 rings (SSSR count). The standard InChI is InChI=1S/C36H57N13O3/c1-36(2,3)46-35(50)45-33-31(25-14-29(51-5)17-30(15-25)52-6)16-26-18-41-34(44-32(26)43-33)42-19-28(38)23-48(39)13-8-7-11-27(37)22-49(40)21-24-10-9-12-47(4)20-24/h14-18,22-24H,7-13,19-21,37-40H2,1-6H3,(H3,41,42,43,44,45,46,50)/b27-22-,28-23-. The van der Waals surface area contributed by atoms with Crippen molar-refractivity contribution in [3.8, 4) is 22.6 Å². The lowest BCUT2D eigenvalue weighted by Crippen LogP contribution is -2.43. The summed E-state index contributed by atoms with van der Waals surface area (Å²) in [4.78, 5) is 29.1. The van der Waals surface area contributed by atoms with Gasteiger partial charge in [-0.2, -0.15) is 4.98 Å². The van der Waals surface area contributed by atoms with Gasteiger partial charge in [-0.25, -0.2) is 26.4 Å². The molecule has 1 atom stereocenters. The summed E-state index contributed by atoms with van der Waals surface area (Å²) in [7, 11) is 5.30. The number of rotatable bonds is 16. The molecule has 0 bridgehead atoms. The Bertz CT molecular complexity index is 1690. The van der Waals surface area contributed by atoms with Crippen molar-refractivity contribution in [2.45, 2.75) is 58.4 Å². The summed E-state index contributed by atoms with van der Waals surface area (Å²) in [5, 5.41) is 12.9. The van der Waals surface area contributed by atoms with Gasteiger partial charge in [0.15, 0.2) is 5.65 Å². The van der Waals surface area contributed by atoms with Gasteiger partial charge in [0.2, 0.25) is 5.95 Å². The Morgan fingerprint density at radius 1 is 1.02 bits per heavy atom. The predicted octanol–water partition coefficient (Wildman–Crippen LogP) is 3.50. The fourth-order valence-corrected chi connectivity index (χ4v) is 5.98. The summed E-state index contributed by atoms with van der Waals surface area (Å²) in [5.41, 5.74) is 15.0. The quantitative estimate of drug-likeness (QED) is 0.0640. The number of nitrogens with zero attached hydrogens (tertiary/aromatic N) is 6. The number of hydrogen-bond acceptors (Lipinski definition) is 14. The van der Waals surface area contributed by atoms with Crippen molar-refractivity contribution in [3.63, 3.8) is 0 Å². The van der Waals surface area contributed by atoms with E-state index in [1.807, 2.05) is 45.2 Å². The summed E-state index contributed by atoms with van der Waals surface area (Å²) >= 11 is 0. The van der Waals surface area contributed by atoms with Crippen molar-refractivity contribution in [2.24, 2.45) is 29.1 Å². The third-order valence-electron chi connectivity index (χ3n) is 8.39. The van der Waals surface area contributed by atoms with Crippen LogP contribution in [0.2, 0.25) is 0 Å². The molecule has 0 spiro atoms. The third-order valence-corrected chi connectivity index (χ3v) is 8.39. The molecule has 1 unspecified atom stereocenters. The van der Waals surface area contributed by atoms with Gasteiger partial charge in [-0.1, -0.05) is 0 Å². The molecule has 284 valence electrons. The van der Waals surface area contributed by atoms with Crippen molar-refractivity contribution in [1.82, 2.24) is 35.2 Å². The third kappa shape index (κ3) is 12.6. The van der Waals surface area contributed by atoms with Crippen molar-refractivity contribution in [3.05, 3.63) is 54.3 Å². The molecule has 2 amide bonds. The van der Waals surface area contributed by atoms with Gasteiger partial charge >= 0.3 is 6.03 Å². The second-order valence-electron chi connectivity index (χ2n) is 14.3. The number of hydrogen-bond donors (Lipinski definition) is 7. The Morgan fingerprint density at radius 2 is 1.73 bits per heavy atom. The number of aromatic nitrogens is 3. The van der Waals surface area contributed by atoms with Crippen LogP contribution in [-0.4, -0.2) is 95.4 Å². The predicted molar refractivity (Wildman–Crippen MR) is 207 cm³/mol. The van der Waals surface area contributed by atoms with Gasteiger partial charge in [0.25, 0.3) is 0 Å². The zero-order chi connectivity index (χ0) is 37.8. The largest absolute Gasteiger partial charge is 0.497 e. The maximum Gasteiger partial charge on any atom is 0.320 e. The minimum absolute atomic E-state index is 0.249. The lowest BCUT2D eigenvalue weighted by Gasteiger charge is -2.31. The number of piperidine rings is 1. The van der Waals surface area contributed by atoms with Crippen molar-refractivity contribution in [1.29, 1.82) is 0 Å². The van der Waals surface area contributed by atoms with E-state index >= 15 is 0 Å². The molecule has 0 saturated carbocycles. The highest BCUT2D eigenvalue weighted by atomic mass is 16.5. The number of methoxy groups -OCH3 is 2. The number of amides is 2. The van der Waals surface area contributed by atoms with E-state index in [4.69, 9.17) is 37.6 Å². The Hall–Kier alpha value is -5.06. The molecule has 3 aromatic rings. The van der Waals surface area contributed by atoms with Crippen LogP contribution in [0.3, 0.4) is 0 Å². The van der Waals surface area contributed by atoms with Crippen molar-refractivity contribution < 1.29 is 14.3 Å². The molecular formula is C36H57N13O3. The first-order valence-electron chi connectivity index (χ1n) is 17.6. The minimum atomic E-state index is -0.462. The Morgan fingerprint density at radius 3 is 2.40 bits per heavy atom. The van der Waals surface area contributed by atoms with Gasteiger partial charge in [-0.05, 0) is 96.1 Å². The van der Waals surface area contributed by atoms with Gasteiger partial charge in [0, 0.05) is 72.2 Å². The van der Waals surface area contributed by atoms with Crippen LogP contribution in [-0.2, 0) is 0 Å². The molecule has 1 fully saturated rings. The van der Waals surface area contributed by atoms with E-state index in [0.29, 0.717) is 58.0 Å². The SMILES string of the molecule is COc1cc(OC)cc(-c2cc3cnc(NC/C(N)=C/N(N)CCCC/C(N)=C/N(N)CC4CCCN(C)C4)nc3nc2NC(=O)NC(C)(C)C)c1. The van der Waals surface area contributed by atoms with Crippen molar-refractivity contribution in [2.75, 3.05) is 64.6 Å². The first-order chi connectivity index (χ1) is 24.7. The summed E-state index contributed by atoms with van der Waals surface area (Å²) in [6, 6.07) is 6.89. The zero-order valence-corrected chi connectivity index (χ0v) is 31.4. The molecule has 52 heavy (non-hydrogen) atoms. The topological polar surface area (TPSA) is 224 Å². The number of fused-ring (bicyclic) bond motifs is 1. The number of nitrogens with one attached hydrogen (secondary N) is 3. The number of unbranched alkanes of at least 4 members (excludes halogenated alkanes) is 1. The molecule has 1 saturated heterocycles. The van der Waals surface area contributed by atoms with Crippen LogP contribution in [0, 0.1) is 5.92 Å². The van der Waals surface area contributed by atoms with E-state index in [0.717, 1.165) is 50.2 Å². The van der Waals surface area contributed by atoms with Crippen LogP contribution in [0.15, 0.2) is 54.3 Å². The molecule has 3 heterocycles. The molecule has 16 nitrogen and oxygen atoms in total. The molecule has 0 aliphatic carbocycles. The van der Waals surface area contributed by atoms with Crippen LogP contribution in [0.5, 0.6) is 11.5 Å². The number of nitrogens with two attached hydrogens (primary N) is 4. The molecule has 1 aliphatic heterocycles. The molecule has 11 N–H and O–H groups in total. The van der Waals surface area contributed by atoms with Crippen LogP contribution in [0.4, 0.5) is 16.6 Å². The zero-order valence-electron chi connectivity index (χ0n) is 31.4. The van der Waals surface area contributed by atoms with E-state index in [2.05, 4.69) is 37.9 Å². The Labute approximate surface area is 306 Å². The van der Waals surface area contributed by atoms with Gasteiger partial charge in [0.1, 0.15) is 17.3 Å². The summed E-state index contributed by atoms with van der Waals surface area (Å²) < 4.78 is 10.9. The lowest BCUT2D eigenvalue weighted by atomic mass is 9.98. The molecule has 0 radical (unpaired) electrons. The number of allylic oxidation sites excluding steroid dienone is 1. The van der Waals surface area contributed by atoms with E-state index in [-0.39, 0.29) is 6.54 Å². The Balaban J connectivity index is 1.36. The maximum atomic E-state index is 12.9. The van der Waals surface area contributed by atoms with Crippen LogP contribution in [0.1, 0.15) is 52.9 Å². The minimum Gasteiger partial charge on any atom is -0.497 e. The molecular weight excluding hydrogens is 662 g/mol. The van der Waals surface area contributed by atoms with Gasteiger partial charge in [-0.15, -0.1) is 0 Å². The number of pyridine rings is 1. The molecule has 2 aromatic heterocycles. The number of carbonyl (C=O) groups is 1. The van der Waals surface area contributed by atoms with Gasteiger partial charge < -0.3 is 46.5 Å². The number of ether oxygens (including phenoxy) is 2. The summed E-state index contributed by atoms with van der Waals surface area (Å²) in [6.07, 6.45) is 10.0. The molecule has 1 aromatic carbocycles. The number of benzene rings is 1. The van der Waals surface area contributed by atoms with Crippen molar-refractivity contribution >= 4 is 28.8 Å². The number of hydrazine groups is 2. The highest BCUT2D eigenvalue weighted by Crippen LogP contribution is 2.35. The number of likely N-dealkylation sites (tertiary alicyclic amines) is 1. The number of urea groups is 1. The second-order valence-corrected chi connectivity index (χ2v) is 14.3. The van der Waals surface area contributed by atoms with Crippen LogP contribution >= 0.6 is 0 Å². The van der Waals surface area contributed by atoms with Gasteiger partial charge in [0.05, 0.1) is 20.8 Å². The average Bonchev–Trinajstić information content (AvgIpc) is 3.07. The van der Waals surface area contributed by atoms with E-state index in [1.165, 1.54) is 12.8 Å². The summed E-state index contributed by atoms with van der Waals surface area (Å²) in [5.74, 6) is 14.8. The first kappa shape index (κ1) is 39.7.